The van der Waals surface area contributed by atoms with Gasteiger partial charge in [0.15, 0.2) is 5.78 Å². The number of methoxy groups -OCH3 is 1. The molecule has 41 heavy (non-hydrogen) atoms. The monoisotopic (exact) mass is 561 g/mol. The van der Waals surface area contributed by atoms with Crippen LogP contribution < -0.4 is 10.3 Å². The van der Waals surface area contributed by atoms with Crippen LogP contribution in [-0.2, 0) is 13.0 Å². The van der Waals surface area contributed by atoms with Gasteiger partial charge in [0.1, 0.15) is 17.4 Å². The Balaban J connectivity index is 1.34. The number of carbonyl (C=O) groups is 1. The van der Waals surface area contributed by atoms with Crippen molar-refractivity contribution < 1.29 is 18.3 Å². The third-order valence-electron chi connectivity index (χ3n) is 8.65. The summed E-state index contributed by atoms with van der Waals surface area (Å²) in [5.41, 5.74) is 3.71. The van der Waals surface area contributed by atoms with Gasteiger partial charge >= 0.3 is 0 Å². The molecule has 1 aliphatic rings. The van der Waals surface area contributed by atoms with Crippen LogP contribution in [0.1, 0.15) is 65.1 Å². The molecule has 0 radical (unpaired) electrons. The third-order valence-corrected chi connectivity index (χ3v) is 8.65. The molecular formula is C33H37F2N3O3. The van der Waals surface area contributed by atoms with Gasteiger partial charge in [0.25, 0.3) is 5.56 Å². The number of ether oxygens (including phenoxy) is 1. The smallest absolute Gasteiger partial charge is 0.255 e. The Labute approximate surface area is 238 Å². The lowest BCUT2D eigenvalue weighted by Crippen LogP contribution is -2.36. The minimum Gasteiger partial charge on any atom is -0.496 e. The Morgan fingerprint density at radius 2 is 1.73 bits per heavy atom. The van der Waals surface area contributed by atoms with Gasteiger partial charge in [-0.05, 0) is 83.3 Å². The minimum atomic E-state index is -0.502. The molecule has 8 heteroatoms. The number of pyridine rings is 1. The molecular weight excluding hydrogens is 524 g/mol. The van der Waals surface area contributed by atoms with Crippen molar-refractivity contribution in [2.24, 2.45) is 5.92 Å². The molecule has 0 unspecified atom stereocenters. The quantitative estimate of drug-likeness (QED) is 0.236. The van der Waals surface area contributed by atoms with Gasteiger partial charge in [-0.15, -0.1) is 0 Å². The molecule has 1 N–H and O–H groups in total. The Morgan fingerprint density at radius 1 is 1.05 bits per heavy atom. The highest BCUT2D eigenvalue weighted by molar-refractivity contribution is 6.09. The summed E-state index contributed by atoms with van der Waals surface area (Å²) in [5, 5.41) is 0.916. The maximum absolute atomic E-state index is 14.2. The largest absolute Gasteiger partial charge is 0.496 e. The molecule has 1 aliphatic heterocycles. The maximum atomic E-state index is 14.2. The lowest BCUT2D eigenvalue weighted by Gasteiger charge is -2.36. The number of aryl methyl sites for hydroxylation is 1. The Bertz CT molecular complexity index is 1610. The van der Waals surface area contributed by atoms with Gasteiger partial charge < -0.3 is 14.3 Å². The zero-order valence-corrected chi connectivity index (χ0v) is 24.1. The lowest BCUT2D eigenvalue weighted by molar-refractivity contribution is 0.0982. The van der Waals surface area contributed by atoms with Gasteiger partial charge in [0.2, 0.25) is 0 Å². The number of hydrogen-bond donors (Lipinski definition) is 1. The zero-order valence-electron chi connectivity index (χ0n) is 24.1. The first kappa shape index (κ1) is 28.7. The molecule has 4 aromatic rings. The van der Waals surface area contributed by atoms with Crippen LogP contribution in [0.5, 0.6) is 5.75 Å². The van der Waals surface area contributed by atoms with Crippen LogP contribution in [0.3, 0.4) is 0 Å². The zero-order chi connectivity index (χ0) is 29.3. The number of likely N-dealkylation sites (tertiary alicyclic amines) is 1. The SMILES string of the molecule is COc1cc(C)[nH]c(=O)c1CCC(=O)c1c(C)n([C@H](C)C2CCN(Cc3c(F)cccc3F)CC2)c2ccccc12. The first-order valence-electron chi connectivity index (χ1n) is 14.2. The fourth-order valence-corrected chi connectivity index (χ4v) is 6.45. The van der Waals surface area contributed by atoms with Crippen molar-refractivity contribution >= 4 is 16.7 Å². The molecule has 6 nitrogen and oxygen atoms in total. The van der Waals surface area contributed by atoms with Crippen LogP contribution in [0.15, 0.2) is 53.3 Å². The fraction of sp³-hybridized carbons (Fsp3) is 0.394. The van der Waals surface area contributed by atoms with E-state index in [-0.39, 0.29) is 42.3 Å². The first-order valence-corrected chi connectivity index (χ1v) is 14.2. The van der Waals surface area contributed by atoms with Crippen molar-refractivity contribution in [2.75, 3.05) is 20.2 Å². The predicted octanol–water partition coefficient (Wildman–Crippen LogP) is 6.52. The summed E-state index contributed by atoms with van der Waals surface area (Å²) in [4.78, 5) is 31.2. The van der Waals surface area contributed by atoms with Crippen LogP contribution in [0.25, 0.3) is 10.9 Å². The highest BCUT2D eigenvalue weighted by Crippen LogP contribution is 2.36. The van der Waals surface area contributed by atoms with Gasteiger partial charge in [-0.3, -0.25) is 14.5 Å². The second-order valence-corrected chi connectivity index (χ2v) is 11.2. The molecule has 2 aromatic heterocycles. The van der Waals surface area contributed by atoms with Crippen molar-refractivity contribution in [3.05, 3.63) is 98.6 Å². The number of aromatic amines is 1. The number of halogens is 2. The number of Topliss-reactive ketones (excluding diaryl/α,β-unsaturated/α-hetero) is 1. The van der Waals surface area contributed by atoms with Gasteiger partial charge in [-0.1, -0.05) is 24.3 Å². The number of fused-ring (bicyclic) bond motifs is 1. The summed E-state index contributed by atoms with van der Waals surface area (Å²) >= 11 is 0. The molecule has 3 heterocycles. The van der Waals surface area contributed by atoms with E-state index < -0.39 is 11.6 Å². The number of ketones is 1. The number of aromatic nitrogens is 2. The summed E-state index contributed by atoms with van der Waals surface area (Å²) in [6, 6.07) is 13.9. The van der Waals surface area contributed by atoms with E-state index in [4.69, 9.17) is 4.74 Å². The highest BCUT2D eigenvalue weighted by atomic mass is 19.1. The van der Waals surface area contributed by atoms with E-state index in [2.05, 4.69) is 27.4 Å². The number of benzene rings is 2. The van der Waals surface area contributed by atoms with Crippen molar-refractivity contribution in [3.8, 4) is 5.75 Å². The summed E-state index contributed by atoms with van der Waals surface area (Å²) in [6.45, 7) is 7.75. The fourth-order valence-electron chi connectivity index (χ4n) is 6.45. The van der Waals surface area contributed by atoms with E-state index in [9.17, 15) is 18.4 Å². The van der Waals surface area contributed by atoms with Gasteiger partial charge in [-0.2, -0.15) is 0 Å². The summed E-state index contributed by atoms with van der Waals surface area (Å²) in [5.74, 6) is -0.163. The molecule has 0 aliphatic carbocycles. The van der Waals surface area contributed by atoms with Crippen molar-refractivity contribution in [1.29, 1.82) is 0 Å². The van der Waals surface area contributed by atoms with Crippen molar-refractivity contribution in [1.82, 2.24) is 14.5 Å². The van der Waals surface area contributed by atoms with Crippen molar-refractivity contribution in [3.63, 3.8) is 0 Å². The van der Waals surface area contributed by atoms with E-state index in [0.29, 0.717) is 28.5 Å². The Morgan fingerprint density at radius 3 is 2.41 bits per heavy atom. The molecule has 2 aromatic carbocycles. The summed E-state index contributed by atoms with van der Waals surface area (Å²) in [6.07, 6.45) is 2.26. The molecule has 0 saturated carbocycles. The first-order chi connectivity index (χ1) is 19.7. The number of nitrogens with zero attached hydrogens (tertiary/aromatic N) is 2. The van der Waals surface area contributed by atoms with E-state index in [1.165, 1.54) is 25.3 Å². The topological polar surface area (TPSA) is 67.3 Å². The molecule has 1 saturated heterocycles. The third kappa shape index (κ3) is 5.71. The van der Waals surface area contributed by atoms with Crippen LogP contribution in [0, 0.1) is 31.4 Å². The standard InChI is InChI=1S/C33H37F2N3O3/c1-20-18-31(41-4)25(33(40)36-20)12-13-30(39)32-22(3)38(29-11-6-5-8-24(29)32)21(2)23-14-16-37(17-15-23)19-26-27(34)9-7-10-28(26)35/h5-11,18,21,23H,12-17,19H2,1-4H3,(H,36,40)/t21-/m1/s1. The summed E-state index contributed by atoms with van der Waals surface area (Å²) < 4.78 is 36.1. The number of para-hydroxylation sites is 1. The Hall–Kier alpha value is -3.78. The molecule has 5 rings (SSSR count). The number of rotatable bonds is 9. The number of hydrogen-bond acceptors (Lipinski definition) is 4. The number of piperidine rings is 1. The van der Waals surface area contributed by atoms with E-state index in [1.54, 1.807) is 13.0 Å². The minimum absolute atomic E-state index is 0.00610. The average Bonchev–Trinajstić information content (AvgIpc) is 3.25. The van der Waals surface area contributed by atoms with Crippen LogP contribution in [0.2, 0.25) is 0 Å². The van der Waals surface area contributed by atoms with Crippen molar-refractivity contribution in [2.45, 2.75) is 59.0 Å². The van der Waals surface area contributed by atoms with Gasteiger partial charge in [0.05, 0.1) is 12.7 Å². The summed E-state index contributed by atoms with van der Waals surface area (Å²) in [7, 11) is 1.53. The molecule has 0 bridgehead atoms. The normalized spacial score (nSPS) is 15.4. The average molecular weight is 562 g/mol. The molecule has 1 atom stereocenters. The molecule has 0 amide bonds. The van der Waals surface area contributed by atoms with Gasteiger partial charge in [-0.25, -0.2) is 8.78 Å². The number of H-pyrrole nitrogens is 1. The van der Waals surface area contributed by atoms with Crippen LogP contribution >= 0.6 is 0 Å². The molecule has 216 valence electrons. The van der Waals surface area contributed by atoms with E-state index in [0.717, 1.165) is 42.5 Å². The highest BCUT2D eigenvalue weighted by Gasteiger charge is 2.30. The number of nitrogens with one attached hydrogen (secondary N) is 1. The maximum Gasteiger partial charge on any atom is 0.255 e. The molecule has 0 spiro atoms. The van der Waals surface area contributed by atoms with Crippen LogP contribution in [0.4, 0.5) is 8.78 Å². The molecule has 1 fully saturated rings. The van der Waals surface area contributed by atoms with Gasteiger partial charge in [0, 0.05) is 52.4 Å². The second kappa shape index (κ2) is 12.0. The van der Waals surface area contributed by atoms with E-state index >= 15 is 0 Å². The Kier molecular flexibility index (Phi) is 8.40. The second-order valence-electron chi connectivity index (χ2n) is 11.2. The predicted molar refractivity (Wildman–Crippen MR) is 157 cm³/mol. The van der Waals surface area contributed by atoms with E-state index in [1.807, 2.05) is 25.1 Å². The lowest BCUT2D eigenvalue weighted by atomic mass is 9.89. The number of carbonyl (C=O) groups excluding carboxylic acids is 1. The van der Waals surface area contributed by atoms with Crippen LogP contribution in [-0.4, -0.2) is 40.4 Å².